The maximum atomic E-state index is 5.82. The van der Waals surface area contributed by atoms with Crippen LogP contribution in [-0.4, -0.2) is 20.7 Å². The molecule has 0 radical (unpaired) electrons. The normalized spacial score (nSPS) is 10.2. The van der Waals surface area contributed by atoms with Crippen molar-refractivity contribution in [2.75, 3.05) is 20.7 Å². The maximum Gasteiger partial charge on any atom is 0.127 e. The third-order valence-electron chi connectivity index (χ3n) is 2.88. The predicted octanol–water partition coefficient (Wildman–Crippen LogP) is 3.25. The van der Waals surface area contributed by atoms with Gasteiger partial charge in [-0.05, 0) is 55.9 Å². The standard InChI is InChI=1S/C16H19NO2/c1-17-11-10-13-12-15(8-9-16(13)18-2)19-14-6-4-3-5-7-14/h3-9,12,17H,10-11H2,1-2H3. The van der Waals surface area contributed by atoms with E-state index in [0.29, 0.717) is 0 Å². The van der Waals surface area contributed by atoms with E-state index >= 15 is 0 Å². The van der Waals surface area contributed by atoms with E-state index in [1.54, 1.807) is 7.11 Å². The molecule has 0 aromatic heterocycles. The van der Waals surface area contributed by atoms with Gasteiger partial charge in [0.15, 0.2) is 0 Å². The van der Waals surface area contributed by atoms with Gasteiger partial charge in [-0.2, -0.15) is 0 Å². The van der Waals surface area contributed by atoms with Crippen molar-refractivity contribution in [3.63, 3.8) is 0 Å². The van der Waals surface area contributed by atoms with E-state index in [-0.39, 0.29) is 0 Å². The summed E-state index contributed by atoms with van der Waals surface area (Å²) in [5.41, 5.74) is 1.14. The third kappa shape index (κ3) is 3.73. The Kier molecular flexibility index (Phi) is 4.81. The van der Waals surface area contributed by atoms with Crippen molar-refractivity contribution in [2.45, 2.75) is 6.42 Å². The van der Waals surface area contributed by atoms with Crippen LogP contribution in [-0.2, 0) is 6.42 Å². The molecule has 2 rings (SSSR count). The Bertz CT molecular complexity index is 511. The molecule has 3 heteroatoms. The molecule has 0 aliphatic heterocycles. The van der Waals surface area contributed by atoms with Crippen molar-refractivity contribution in [1.29, 1.82) is 0 Å². The number of para-hydroxylation sites is 1. The predicted molar refractivity (Wildman–Crippen MR) is 77.1 cm³/mol. The Hall–Kier alpha value is -2.00. The number of ether oxygens (including phenoxy) is 2. The van der Waals surface area contributed by atoms with Crippen molar-refractivity contribution in [3.05, 3.63) is 54.1 Å². The van der Waals surface area contributed by atoms with Gasteiger partial charge in [0.1, 0.15) is 17.2 Å². The molecule has 2 aromatic rings. The fourth-order valence-corrected chi connectivity index (χ4v) is 1.90. The van der Waals surface area contributed by atoms with Gasteiger partial charge in [0.05, 0.1) is 7.11 Å². The molecule has 0 saturated heterocycles. The van der Waals surface area contributed by atoms with E-state index in [1.165, 1.54) is 0 Å². The van der Waals surface area contributed by atoms with Gasteiger partial charge in [-0.15, -0.1) is 0 Å². The lowest BCUT2D eigenvalue weighted by Crippen LogP contribution is -2.11. The van der Waals surface area contributed by atoms with Crippen LogP contribution in [0.1, 0.15) is 5.56 Å². The summed E-state index contributed by atoms with van der Waals surface area (Å²) in [6.45, 7) is 0.908. The van der Waals surface area contributed by atoms with Gasteiger partial charge in [0.25, 0.3) is 0 Å². The van der Waals surface area contributed by atoms with E-state index in [2.05, 4.69) is 5.32 Å². The molecule has 0 bridgehead atoms. The van der Waals surface area contributed by atoms with Crippen LogP contribution in [0.5, 0.6) is 17.2 Å². The first kappa shape index (κ1) is 13.4. The first-order valence-corrected chi connectivity index (χ1v) is 6.38. The lowest BCUT2D eigenvalue weighted by Gasteiger charge is -2.11. The summed E-state index contributed by atoms with van der Waals surface area (Å²) in [7, 11) is 3.63. The van der Waals surface area contributed by atoms with Crippen molar-refractivity contribution < 1.29 is 9.47 Å². The molecule has 0 heterocycles. The van der Waals surface area contributed by atoms with E-state index < -0.39 is 0 Å². The number of rotatable bonds is 6. The van der Waals surface area contributed by atoms with Gasteiger partial charge in [-0.3, -0.25) is 0 Å². The molecular weight excluding hydrogens is 238 g/mol. The average Bonchev–Trinajstić information content (AvgIpc) is 2.46. The number of hydrogen-bond donors (Lipinski definition) is 1. The molecular formula is C16H19NO2. The molecule has 1 N–H and O–H groups in total. The maximum absolute atomic E-state index is 5.82. The molecule has 0 atom stereocenters. The number of likely N-dealkylation sites (N-methyl/N-ethyl adjacent to an activating group) is 1. The number of hydrogen-bond acceptors (Lipinski definition) is 3. The van der Waals surface area contributed by atoms with Gasteiger partial charge in [0.2, 0.25) is 0 Å². The Morgan fingerprint density at radius 3 is 2.47 bits per heavy atom. The van der Waals surface area contributed by atoms with Gasteiger partial charge < -0.3 is 14.8 Å². The highest BCUT2D eigenvalue weighted by molar-refractivity contribution is 5.42. The minimum atomic E-state index is 0.832. The first-order valence-electron chi connectivity index (χ1n) is 6.38. The second-order valence-corrected chi connectivity index (χ2v) is 4.24. The summed E-state index contributed by atoms with van der Waals surface area (Å²) in [5, 5.41) is 3.14. The van der Waals surface area contributed by atoms with Gasteiger partial charge in [0, 0.05) is 0 Å². The SMILES string of the molecule is CNCCc1cc(Oc2ccccc2)ccc1OC. The zero-order valence-electron chi connectivity index (χ0n) is 11.3. The van der Waals surface area contributed by atoms with Crippen molar-refractivity contribution in [2.24, 2.45) is 0 Å². The molecule has 0 aliphatic rings. The van der Waals surface area contributed by atoms with Gasteiger partial charge in [-0.1, -0.05) is 18.2 Å². The second kappa shape index (κ2) is 6.81. The van der Waals surface area contributed by atoms with E-state index in [4.69, 9.17) is 9.47 Å². The van der Waals surface area contributed by atoms with Crippen molar-refractivity contribution in [3.8, 4) is 17.2 Å². The summed E-state index contributed by atoms with van der Waals surface area (Å²) in [6.07, 6.45) is 0.908. The third-order valence-corrected chi connectivity index (χ3v) is 2.88. The highest BCUT2D eigenvalue weighted by atomic mass is 16.5. The van der Waals surface area contributed by atoms with Crippen LogP contribution in [0.4, 0.5) is 0 Å². The van der Waals surface area contributed by atoms with Crippen LogP contribution < -0.4 is 14.8 Å². The topological polar surface area (TPSA) is 30.5 Å². The Labute approximate surface area is 114 Å². The van der Waals surface area contributed by atoms with E-state index in [9.17, 15) is 0 Å². The van der Waals surface area contributed by atoms with Crippen LogP contribution in [0, 0.1) is 0 Å². The monoisotopic (exact) mass is 257 g/mol. The molecule has 0 amide bonds. The molecule has 100 valence electrons. The first-order chi connectivity index (χ1) is 9.33. The average molecular weight is 257 g/mol. The number of methoxy groups -OCH3 is 1. The minimum absolute atomic E-state index is 0.832. The quantitative estimate of drug-likeness (QED) is 0.861. The summed E-state index contributed by atoms with van der Waals surface area (Å²) >= 11 is 0. The molecule has 0 unspecified atom stereocenters. The van der Waals surface area contributed by atoms with Crippen LogP contribution >= 0.6 is 0 Å². The van der Waals surface area contributed by atoms with Crippen LogP contribution in [0.15, 0.2) is 48.5 Å². The Morgan fingerprint density at radius 1 is 1.00 bits per heavy atom. The van der Waals surface area contributed by atoms with Gasteiger partial charge >= 0.3 is 0 Å². The number of benzene rings is 2. The van der Waals surface area contributed by atoms with Gasteiger partial charge in [-0.25, -0.2) is 0 Å². The molecule has 0 spiro atoms. The summed E-state index contributed by atoms with van der Waals surface area (Å²) in [4.78, 5) is 0. The second-order valence-electron chi connectivity index (χ2n) is 4.24. The highest BCUT2D eigenvalue weighted by Gasteiger charge is 2.05. The number of nitrogens with one attached hydrogen (secondary N) is 1. The molecule has 0 fully saturated rings. The molecule has 19 heavy (non-hydrogen) atoms. The van der Waals surface area contributed by atoms with Crippen LogP contribution in [0.2, 0.25) is 0 Å². The van der Waals surface area contributed by atoms with Crippen LogP contribution in [0.3, 0.4) is 0 Å². The smallest absolute Gasteiger partial charge is 0.127 e. The molecule has 3 nitrogen and oxygen atoms in total. The highest BCUT2D eigenvalue weighted by Crippen LogP contribution is 2.27. The fraction of sp³-hybridized carbons (Fsp3) is 0.250. The lowest BCUT2D eigenvalue weighted by molar-refractivity contribution is 0.407. The largest absolute Gasteiger partial charge is 0.496 e. The van der Waals surface area contributed by atoms with Crippen LogP contribution in [0.25, 0.3) is 0 Å². The zero-order valence-corrected chi connectivity index (χ0v) is 11.3. The van der Waals surface area contributed by atoms with Crippen molar-refractivity contribution >= 4 is 0 Å². The Balaban J connectivity index is 2.17. The zero-order chi connectivity index (χ0) is 13.5. The summed E-state index contributed by atoms with van der Waals surface area (Å²) in [5.74, 6) is 2.57. The summed E-state index contributed by atoms with van der Waals surface area (Å²) < 4.78 is 11.2. The minimum Gasteiger partial charge on any atom is -0.496 e. The molecule has 0 aliphatic carbocycles. The fourth-order valence-electron chi connectivity index (χ4n) is 1.90. The van der Waals surface area contributed by atoms with Crippen molar-refractivity contribution in [1.82, 2.24) is 5.32 Å². The lowest BCUT2D eigenvalue weighted by atomic mass is 10.1. The molecule has 0 saturated carbocycles. The van der Waals surface area contributed by atoms with E-state index in [0.717, 1.165) is 35.8 Å². The summed E-state index contributed by atoms with van der Waals surface area (Å²) in [6, 6.07) is 15.7. The molecule has 2 aromatic carbocycles. The Morgan fingerprint density at radius 2 is 1.79 bits per heavy atom. The van der Waals surface area contributed by atoms with E-state index in [1.807, 2.05) is 55.6 Å².